The minimum Gasteiger partial charge on any atom is -0.325 e. The van der Waals surface area contributed by atoms with Gasteiger partial charge >= 0.3 is 0 Å². The molecule has 1 unspecified atom stereocenters. The van der Waals surface area contributed by atoms with Crippen molar-refractivity contribution in [1.82, 2.24) is 19.1 Å². The highest BCUT2D eigenvalue weighted by atomic mass is 32.2. The number of para-hydroxylation sites is 2. The molecule has 10 heteroatoms. The predicted octanol–water partition coefficient (Wildman–Crippen LogP) is 11.4. The van der Waals surface area contributed by atoms with Crippen LogP contribution < -0.4 is 0 Å². The lowest BCUT2D eigenvalue weighted by Gasteiger charge is -2.17. The molecule has 0 amide bonds. The van der Waals surface area contributed by atoms with Crippen LogP contribution in [-0.2, 0) is 10.1 Å². The number of nitrogens with zero attached hydrogens (tertiary/aromatic N) is 4. The summed E-state index contributed by atoms with van der Waals surface area (Å²) in [5, 5.41) is 3.94. The zero-order chi connectivity index (χ0) is 38.0. The zero-order valence-corrected chi connectivity index (χ0v) is 31.3. The highest BCUT2D eigenvalue weighted by molar-refractivity contribution is 7.93. The number of aromatic nitrogens is 4. The van der Waals surface area contributed by atoms with Crippen LogP contribution in [0.4, 0.5) is 0 Å². The van der Waals surface area contributed by atoms with Gasteiger partial charge in [-0.2, -0.15) is 8.42 Å². The van der Waals surface area contributed by atoms with Crippen LogP contribution in [0.3, 0.4) is 0 Å². The highest BCUT2D eigenvalue weighted by Crippen LogP contribution is 2.43. The summed E-state index contributed by atoms with van der Waals surface area (Å²) in [4.78, 5) is 10.9. The van der Waals surface area contributed by atoms with Gasteiger partial charge in [-0.25, -0.2) is 9.97 Å². The molecule has 1 aliphatic rings. The normalized spacial score (nSPS) is 14.4. The first-order valence-electron chi connectivity index (χ1n) is 18.1. The van der Waals surface area contributed by atoms with Crippen molar-refractivity contribution < 1.29 is 17.5 Å². The molecule has 0 fully saturated rings. The van der Waals surface area contributed by atoms with Gasteiger partial charge in [0, 0.05) is 61.2 Å². The minimum atomic E-state index is -4.70. The Bertz CT molecular complexity index is 3200. The summed E-state index contributed by atoms with van der Waals surface area (Å²) in [6.45, 7) is 0. The van der Waals surface area contributed by atoms with Gasteiger partial charge < -0.3 is 9.12 Å². The zero-order valence-electron chi connectivity index (χ0n) is 29.7. The van der Waals surface area contributed by atoms with E-state index in [4.69, 9.17) is 9.97 Å². The van der Waals surface area contributed by atoms with Crippen molar-refractivity contribution in [3.05, 3.63) is 170 Å². The molecule has 0 radical (unpaired) electrons. The summed E-state index contributed by atoms with van der Waals surface area (Å²) in [5.41, 5.74) is 7.59. The Labute approximate surface area is 326 Å². The maximum atomic E-state index is 13.2. The molecule has 272 valence electrons. The van der Waals surface area contributed by atoms with E-state index in [1.54, 1.807) is 30.3 Å². The Morgan fingerprint density at radius 3 is 2.02 bits per heavy atom. The molecule has 0 saturated heterocycles. The minimum absolute atomic E-state index is 0.0674. The molecule has 1 aliphatic carbocycles. The lowest BCUT2D eigenvalue weighted by molar-refractivity contribution is 0.483. The van der Waals surface area contributed by atoms with Crippen LogP contribution in [0.2, 0.25) is 0 Å². The third-order valence-electron chi connectivity index (χ3n) is 10.6. The molecule has 6 aromatic carbocycles. The van der Waals surface area contributed by atoms with E-state index in [2.05, 4.69) is 82.0 Å². The first kappa shape index (κ1) is 34.2. The van der Waals surface area contributed by atoms with Gasteiger partial charge in [0.15, 0.2) is 0 Å². The standard InChI is InChI=1S/C46H32N4O4S2/c51-55-33-17-11-16-31(26-33)34-23-22-32(27-43(34)56(52,53)54)49-41-20-9-7-18-35(41)37-24-25-38-36-19-8-10-21-42(36)50(45(38)44(37)49)46-47-39(29-12-3-1-4-13-29)28-40(48-46)30-14-5-2-6-15-30/h1-14,16-28,30,51H,15H2,(H,52,53,54). The van der Waals surface area contributed by atoms with Gasteiger partial charge in [-0.1, -0.05) is 121 Å². The molecule has 1 atom stereocenters. The Morgan fingerprint density at radius 2 is 1.32 bits per heavy atom. The number of benzene rings is 6. The second kappa shape index (κ2) is 13.5. The van der Waals surface area contributed by atoms with Crippen molar-refractivity contribution in [2.45, 2.75) is 22.1 Å². The number of hydrogen-bond acceptors (Lipinski definition) is 6. The van der Waals surface area contributed by atoms with Crippen LogP contribution in [0.25, 0.3) is 77.6 Å². The quantitative estimate of drug-likeness (QED) is 0.123. The van der Waals surface area contributed by atoms with Crippen molar-refractivity contribution in [2.75, 3.05) is 0 Å². The molecule has 3 heterocycles. The lowest BCUT2D eigenvalue weighted by atomic mass is 9.96. The van der Waals surface area contributed by atoms with Gasteiger partial charge in [-0.15, -0.1) is 0 Å². The maximum absolute atomic E-state index is 13.2. The van der Waals surface area contributed by atoms with E-state index in [0.29, 0.717) is 39.7 Å². The van der Waals surface area contributed by atoms with Crippen LogP contribution in [0.15, 0.2) is 174 Å². The summed E-state index contributed by atoms with van der Waals surface area (Å²) >= 11 is 0.571. The first-order chi connectivity index (χ1) is 27.4. The third-order valence-corrected chi connectivity index (χ3v) is 11.9. The van der Waals surface area contributed by atoms with Crippen molar-refractivity contribution in [3.8, 4) is 34.0 Å². The van der Waals surface area contributed by atoms with Crippen molar-refractivity contribution in [3.63, 3.8) is 0 Å². The Hall–Kier alpha value is -6.30. The summed E-state index contributed by atoms with van der Waals surface area (Å²) in [5.74, 6) is 0.591. The predicted molar refractivity (Wildman–Crippen MR) is 226 cm³/mol. The molecule has 9 aromatic rings. The van der Waals surface area contributed by atoms with E-state index in [0.717, 1.165) is 67.0 Å². The lowest BCUT2D eigenvalue weighted by Crippen LogP contribution is -2.09. The van der Waals surface area contributed by atoms with Crippen LogP contribution >= 0.6 is 12.0 Å². The van der Waals surface area contributed by atoms with E-state index < -0.39 is 10.1 Å². The number of rotatable bonds is 7. The molecule has 0 saturated carbocycles. The van der Waals surface area contributed by atoms with Crippen molar-refractivity contribution in [1.29, 1.82) is 0 Å². The summed E-state index contributed by atoms with van der Waals surface area (Å²) in [6.07, 6.45) is 9.28. The van der Waals surface area contributed by atoms with Crippen LogP contribution in [0, 0.1) is 0 Å². The van der Waals surface area contributed by atoms with E-state index in [1.807, 2.05) is 54.6 Å². The summed E-state index contributed by atoms with van der Waals surface area (Å²) < 4.78 is 51.0. The molecule has 10 rings (SSSR count). The Kier molecular flexibility index (Phi) is 8.23. The van der Waals surface area contributed by atoms with Gasteiger partial charge in [-0.3, -0.25) is 9.12 Å². The third kappa shape index (κ3) is 5.65. The molecule has 56 heavy (non-hydrogen) atoms. The molecule has 0 spiro atoms. The van der Waals surface area contributed by atoms with Gasteiger partial charge in [0.1, 0.15) is 4.90 Å². The molecule has 3 aromatic heterocycles. The van der Waals surface area contributed by atoms with E-state index in [1.165, 1.54) is 6.07 Å². The second-order valence-electron chi connectivity index (χ2n) is 13.8. The van der Waals surface area contributed by atoms with Crippen molar-refractivity contribution >= 4 is 65.8 Å². The van der Waals surface area contributed by atoms with Gasteiger partial charge in [0.25, 0.3) is 10.1 Å². The van der Waals surface area contributed by atoms with E-state index >= 15 is 0 Å². The monoisotopic (exact) mass is 768 g/mol. The fourth-order valence-corrected chi connectivity index (χ4v) is 9.15. The van der Waals surface area contributed by atoms with Crippen LogP contribution in [0.1, 0.15) is 18.0 Å². The number of fused-ring (bicyclic) bond motifs is 7. The van der Waals surface area contributed by atoms with Crippen molar-refractivity contribution in [2.24, 2.45) is 0 Å². The number of hydrogen-bond donors (Lipinski definition) is 2. The second-order valence-corrected chi connectivity index (χ2v) is 15.9. The fourth-order valence-electron chi connectivity index (χ4n) is 8.10. The maximum Gasteiger partial charge on any atom is 0.295 e. The van der Waals surface area contributed by atoms with E-state index in [-0.39, 0.29) is 10.8 Å². The van der Waals surface area contributed by atoms with Gasteiger partial charge in [0.05, 0.1) is 33.5 Å². The Morgan fingerprint density at radius 1 is 0.643 bits per heavy atom. The van der Waals surface area contributed by atoms with Crippen LogP contribution in [-0.4, -0.2) is 36.6 Å². The smallest absolute Gasteiger partial charge is 0.295 e. The molecule has 2 N–H and O–H groups in total. The molecule has 0 aliphatic heterocycles. The summed E-state index contributed by atoms with van der Waals surface area (Å²) in [6, 6.07) is 44.8. The largest absolute Gasteiger partial charge is 0.325 e. The van der Waals surface area contributed by atoms with Gasteiger partial charge in [-0.05, 0) is 54.4 Å². The number of allylic oxidation sites excluding steroid dienone is 4. The topological polar surface area (TPSA) is 110 Å². The van der Waals surface area contributed by atoms with Gasteiger partial charge in [0.2, 0.25) is 5.95 Å². The average Bonchev–Trinajstić information content (AvgIpc) is 3.77. The molecular formula is C46H32N4O4S2. The average molecular weight is 769 g/mol. The summed E-state index contributed by atoms with van der Waals surface area (Å²) in [7, 11) is -4.70. The van der Waals surface area contributed by atoms with E-state index in [9.17, 15) is 17.5 Å². The Balaban J connectivity index is 1.32. The van der Waals surface area contributed by atoms with Crippen LogP contribution in [0.5, 0.6) is 0 Å². The fraction of sp³-hybridized carbons (Fsp3) is 0.0435. The first-order valence-corrected chi connectivity index (χ1v) is 20.4. The molecule has 8 nitrogen and oxygen atoms in total. The molecule has 0 bridgehead atoms. The highest BCUT2D eigenvalue weighted by Gasteiger charge is 2.25. The SMILES string of the molecule is O=S(=O)(O)c1cc(-n2c3ccccc3c3ccc4c5ccccc5n(-c5nc(-c6ccccc6)cc(C6C=CC=CC6)n5)c4c32)ccc1-c1cccc(SO)c1. The molecular weight excluding hydrogens is 737 g/mol.